The molecule has 1 amide bonds. The van der Waals surface area contributed by atoms with E-state index >= 15 is 0 Å². The maximum Gasteiger partial charge on any atom is 0.244 e. The summed E-state index contributed by atoms with van der Waals surface area (Å²) in [5, 5.41) is 9.37. The summed E-state index contributed by atoms with van der Waals surface area (Å²) >= 11 is 1.73. The topological polar surface area (TPSA) is 46.9 Å². The van der Waals surface area contributed by atoms with Crippen LogP contribution in [0.5, 0.6) is 0 Å². The summed E-state index contributed by atoms with van der Waals surface area (Å²) in [5.41, 5.74) is 0.936. The van der Waals surface area contributed by atoms with Gasteiger partial charge in [0.15, 0.2) is 0 Å². The minimum atomic E-state index is -0.0332. The van der Waals surface area contributed by atoms with Gasteiger partial charge in [0.2, 0.25) is 5.91 Å². The first-order valence-corrected chi connectivity index (χ1v) is 8.61. The first-order chi connectivity index (χ1) is 10.7. The predicted molar refractivity (Wildman–Crippen MR) is 89.4 cm³/mol. The highest BCUT2D eigenvalue weighted by Gasteiger charge is 2.27. The van der Waals surface area contributed by atoms with E-state index in [1.807, 2.05) is 19.3 Å². The van der Waals surface area contributed by atoms with E-state index in [9.17, 15) is 4.79 Å². The number of rotatable bonds is 5. The van der Waals surface area contributed by atoms with Crippen LogP contribution in [-0.2, 0) is 11.8 Å². The molecular weight excluding hydrogens is 294 g/mol. The molecule has 1 saturated carbocycles. The first kappa shape index (κ1) is 15.0. The third-order valence-corrected chi connectivity index (χ3v) is 5.13. The Kier molecular flexibility index (Phi) is 4.73. The molecule has 0 aromatic carbocycles. The Morgan fingerprint density at radius 1 is 1.50 bits per heavy atom. The average molecular weight is 315 g/mol. The van der Waals surface area contributed by atoms with Crippen LogP contribution in [0.2, 0.25) is 0 Å². The van der Waals surface area contributed by atoms with Crippen molar-refractivity contribution >= 4 is 23.3 Å². The van der Waals surface area contributed by atoms with Gasteiger partial charge in [0, 0.05) is 29.8 Å². The maximum atomic E-state index is 12.3. The summed E-state index contributed by atoms with van der Waals surface area (Å²) in [6.07, 6.45) is 12.0. The number of hydrogen-bond acceptors (Lipinski definition) is 3. The van der Waals surface area contributed by atoms with Crippen LogP contribution in [0.3, 0.4) is 0 Å². The second-order valence-electron chi connectivity index (χ2n) is 5.83. The van der Waals surface area contributed by atoms with Gasteiger partial charge < -0.3 is 5.32 Å². The molecule has 4 nitrogen and oxygen atoms in total. The van der Waals surface area contributed by atoms with E-state index in [0.717, 1.165) is 5.56 Å². The summed E-state index contributed by atoms with van der Waals surface area (Å²) in [7, 11) is 1.87. The fraction of sp³-hybridized carbons (Fsp3) is 0.412. The van der Waals surface area contributed by atoms with Crippen molar-refractivity contribution in [2.75, 3.05) is 0 Å². The maximum absolute atomic E-state index is 12.3. The second-order valence-corrected chi connectivity index (χ2v) is 6.81. The van der Waals surface area contributed by atoms with Gasteiger partial charge in [0.1, 0.15) is 0 Å². The second kappa shape index (κ2) is 6.92. The molecule has 2 heterocycles. The molecule has 0 radical (unpaired) electrons. The lowest BCUT2D eigenvalue weighted by atomic mass is 9.96. The number of thiophene rings is 1. The molecule has 1 fully saturated rings. The van der Waals surface area contributed by atoms with Crippen LogP contribution in [-0.4, -0.2) is 15.7 Å². The minimum absolute atomic E-state index is 0.0332. The van der Waals surface area contributed by atoms with E-state index < -0.39 is 0 Å². The molecule has 1 N–H and O–H groups in total. The Bertz CT molecular complexity index is 639. The Labute approximate surface area is 134 Å². The summed E-state index contributed by atoms with van der Waals surface area (Å²) in [6, 6.07) is 4.33. The summed E-state index contributed by atoms with van der Waals surface area (Å²) < 4.78 is 1.73. The molecule has 2 aromatic rings. The summed E-state index contributed by atoms with van der Waals surface area (Å²) in [4.78, 5) is 13.5. The van der Waals surface area contributed by atoms with E-state index in [2.05, 4.69) is 27.9 Å². The third-order valence-electron chi connectivity index (χ3n) is 4.17. The van der Waals surface area contributed by atoms with E-state index in [0.29, 0.717) is 5.92 Å². The summed E-state index contributed by atoms with van der Waals surface area (Å²) in [5.74, 6) is 0.531. The number of nitrogens with one attached hydrogen (secondary N) is 1. The molecule has 22 heavy (non-hydrogen) atoms. The third kappa shape index (κ3) is 3.65. The molecule has 0 saturated heterocycles. The van der Waals surface area contributed by atoms with Crippen molar-refractivity contribution in [2.24, 2.45) is 13.0 Å². The fourth-order valence-electron chi connectivity index (χ4n) is 3.08. The highest BCUT2D eigenvalue weighted by atomic mass is 32.1. The molecule has 0 bridgehead atoms. The lowest BCUT2D eigenvalue weighted by Crippen LogP contribution is -2.30. The highest BCUT2D eigenvalue weighted by molar-refractivity contribution is 7.10. The van der Waals surface area contributed by atoms with Crippen molar-refractivity contribution in [2.45, 2.75) is 31.7 Å². The van der Waals surface area contributed by atoms with Crippen LogP contribution in [0.25, 0.3) is 6.08 Å². The smallest absolute Gasteiger partial charge is 0.244 e. The number of nitrogens with zero attached hydrogens (tertiary/aromatic N) is 2. The first-order valence-electron chi connectivity index (χ1n) is 7.73. The van der Waals surface area contributed by atoms with Crippen LogP contribution in [0, 0.1) is 5.92 Å². The zero-order valence-electron chi connectivity index (χ0n) is 12.7. The quantitative estimate of drug-likeness (QED) is 0.858. The molecule has 116 valence electrons. The number of carbonyl (C=O) groups excluding carboxylic acids is 1. The van der Waals surface area contributed by atoms with Gasteiger partial charge in [-0.05, 0) is 36.3 Å². The monoisotopic (exact) mass is 315 g/mol. The average Bonchev–Trinajstić information content (AvgIpc) is 3.25. The number of hydrogen-bond donors (Lipinski definition) is 1. The van der Waals surface area contributed by atoms with Gasteiger partial charge in [0.25, 0.3) is 0 Å². The molecule has 3 rings (SSSR count). The van der Waals surface area contributed by atoms with Crippen molar-refractivity contribution in [3.63, 3.8) is 0 Å². The summed E-state index contributed by atoms with van der Waals surface area (Å²) in [6.45, 7) is 0. The lowest BCUT2D eigenvalue weighted by molar-refractivity contribution is -0.117. The van der Waals surface area contributed by atoms with Crippen LogP contribution < -0.4 is 5.32 Å². The van der Waals surface area contributed by atoms with E-state index in [1.54, 1.807) is 28.3 Å². The number of aromatic nitrogens is 2. The Morgan fingerprint density at radius 2 is 2.32 bits per heavy atom. The van der Waals surface area contributed by atoms with Gasteiger partial charge in [-0.15, -0.1) is 11.3 Å². The molecule has 0 spiro atoms. The Balaban J connectivity index is 1.67. The van der Waals surface area contributed by atoms with Crippen molar-refractivity contribution in [3.05, 3.63) is 46.4 Å². The number of carbonyl (C=O) groups is 1. The van der Waals surface area contributed by atoms with Crippen LogP contribution in [0.4, 0.5) is 0 Å². The molecule has 1 atom stereocenters. The van der Waals surface area contributed by atoms with Crippen molar-refractivity contribution < 1.29 is 4.79 Å². The van der Waals surface area contributed by atoms with Gasteiger partial charge >= 0.3 is 0 Å². The van der Waals surface area contributed by atoms with Crippen molar-refractivity contribution in [1.29, 1.82) is 0 Å². The lowest BCUT2D eigenvalue weighted by Gasteiger charge is -2.23. The number of amides is 1. The van der Waals surface area contributed by atoms with Crippen molar-refractivity contribution in [3.8, 4) is 0 Å². The molecule has 1 aliphatic rings. The standard InChI is InChI=1S/C17H21N3OS/c1-20-12-13(11-18-20)8-9-16(21)19-17(14-5-2-3-6-14)15-7-4-10-22-15/h4,7-12,14,17H,2-3,5-6H2,1H3,(H,19,21)/b9-8+. The normalized spacial score (nSPS) is 17.1. The zero-order chi connectivity index (χ0) is 15.4. The number of aryl methyl sites for hydroxylation is 1. The molecule has 1 unspecified atom stereocenters. The minimum Gasteiger partial charge on any atom is -0.345 e. The van der Waals surface area contributed by atoms with Crippen molar-refractivity contribution in [1.82, 2.24) is 15.1 Å². The van der Waals surface area contributed by atoms with E-state index in [-0.39, 0.29) is 11.9 Å². The van der Waals surface area contributed by atoms with E-state index in [1.165, 1.54) is 30.6 Å². The largest absolute Gasteiger partial charge is 0.345 e. The molecule has 1 aliphatic carbocycles. The van der Waals surface area contributed by atoms with Crippen LogP contribution in [0.15, 0.2) is 36.0 Å². The molecular formula is C17H21N3OS. The van der Waals surface area contributed by atoms with Gasteiger partial charge in [-0.3, -0.25) is 9.48 Å². The van der Waals surface area contributed by atoms with Crippen LogP contribution >= 0.6 is 11.3 Å². The zero-order valence-corrected chi connectivity index (χ0v) is 13.6. The molecule has 5 heteroatoms. The Hall–Kier alpha value is -1.88. The van der Waals surface area contributed by atoms with Gasteiger partial charge in [-0.1, -0.05) is 18.9 Å². The van der Waals surface area contributed by atoms with Gasteiger partial charge in [0.05, 0.1) is 12.2 Å². The SMILES string of the molecule is Cn1cc(/C=C/C(=O)NC(c2cccs2)C2CCCC2)cn1. The van der Waals surface area contributed by atoms with E-state index in [4.69, 9.17) is 0 Å². The Morgan fingerprint density at radius 3 is 2.95 bits per heavy atom. The van der Waals surface area contributed by atoms with Gasteiger partial charge in [-0.25, -0.2) is 0 Å². The fourth-order valence-corrected chi connectivity index (χ4v) is 3.95. The highest BCUT2D eigenvalue weighted by Crippen LogP contribution is 2.37. The van der Waals surface area contributed by atoms with Gasteiger partial charge in [-0.2, -0.15) is 5.10 Å². The molecule has 0 aliphatic heterocycles. The predicted octanol–water partition coefficient (Wildman–Crippen LogP) is 3.54. The molecule has 2 aromatic heterocycles. The van der Waals surface area contributed by atoms with Crippen LogP contribution in [0.1, 0.15) is 42.2 Å².